The zero-order valence-electron chi connectivity index (χ0n) is 9.16. The molecule has 0 fully saturated rings. The SMILES string of the molecule is CCNCC(=O)NC(C)c1cccnc1. The lowest BCUT2D eigenvalue weighted by atomic mass is 10.1. The smallest absolute Gasteiger partial charge is 0.234 e. The number of carbonyl (C=O) groups is 1. The normalized spacial score (nSPS) is 12.1. The highest BCUT2D eigenvalue weighted by molar-refractivity contribution is 5.78. The summed E-state index contributed by atoms with van der Waals surface area (Å²) < 4.78 is 0. The van der Waals surface area contributed by atoms with Crippen LogP contribution in [0.1, 0.15) is 25.5 Å². The minimum absolute atomic E-state index is 0.00450. The molecule has 1 amide bonds. The first kappa shape index (κ1) is 11.7. The number of aromatic nitrogens is 1. The van der Waals surface area contributed by atoms with Crippen LogP contribution in [0.3, 0.4) is 0 Å². The molecule has 1 aromatic heterocycles. The molecule has 0 radical (unpaired) electrons. The second kappa shape index (κ2) is 6.14. The number of nitrogens with zero attached hydrogens (tertiary/aromatic N) is 1. The van der Waals surface area contributed by atoms with E-state index in [4.69, 9.17) is 0 Å². The number of rotatable bonds is 5. The topological polar surface area (TPSA) is 54.0 Å². The van der Waals surface area contributed by atoms with Crippen molar-refractivity contribution < 1.29 is 4.79 Å². The quantitative estimate of drug-likeness (QED) is 0.753. The van der Waals surface area contributed by atoms with Gasteiger partial charge in [-0.15, -0.1) is 0 Å². The molecule has 0 saturated heterocycles. The van der Waals surface area contributed by atoms with Gasteiger partial charge in [-0.3, -0.25) is 9.78 Å². The molecule has 15 heavy (non-hydrogen) atoms. The van der Waals surface area contributed by atoms with Crippen molar-refractivity contribution >= 4 is 5.91 Å². The molecule has 0 aliphatic rings. The monoisotopic (exact) mass is 207 g/mol. The lowest BCUT2D eigenvalue weighted by Crippen LogP contribution is -2.35. The summed E-state index contributed by atoms with van der Waals surface area (Å²) in [6.07, 6.45) is 3.48. The second-order valence-electron chi connectivity index (χ2n) is 3.36. The van der Waals surface area contributed by atoms with Crippen molar-refractivity contribution in [1.29, 1.82) is 0 Å². The summed E-state index contributed by atoms with van der Waals surface area (Å²) in [5.41, 5.74) is 1.02. The molecule has 1 atom stereocenters. The zero-order chi connectivity index (χ0) is 11.1. The molecule has 1 heterocycles. The van der Waals surface area contributed by atoms with E-state index < -0.39 is 0 Å². The highest BCUT2D eigenvalue weighted by Crippen LogP contribution is 2.08. The van der Waals surface area contributed by atoms with Gasteiger partial charge in [0.25, 0.3) is 0 Å². The van der Waals surface area contributed by atoms with Crippen molar-refractivity contribution in [3.63, 3.8) is 0 Å². The van der Waals surface area contributed by atoms with Gasteiger partial charge in [0.15, 0.2) is 0 Å². The van der Waals surface area contributed by atoms with E-state index >= 15 is 0 Å². The Kier molecular flexibility index (Phi) is 4.77. The number of nitrogens with one attached hydrogen (secondary N) is 2. The molecule has 1 aromatic rings. The van der Waals surface area contributed by atoms with Crippen LogP contribution in [0.15, 0.2) is 24.5 Å². The maximum atomic E-state index is 11.4. The Bertz CT molecular complexity index is 300. The van der Waals surface area contributed by atoms with Gasteiger partial charge in [-0.05, 0) is 25.1 Å². The van der Waals surface area contributed by atoms with Gasteiger partial charge in [-0.25, -0.2) is 0 Å². The summed E-state index contributed by atoms with van der Waals surface area (Å²) in [5, 5.41) is 5.87. The van der Waals surface area contributed by atoms with Crippen LogP contribution in [0.25, 0.3) is 0 Å². The van der Waals surface area contributed by atoms with Crippen LogP contribution >= 0.6 is 0 Å². The van der Waals surface area contributed by atoms with E-state index in [1.54, 1.807) is 12.4 Å². The number of hydrogen-bond donors (Lipinski definition) is 2. The van der Waals surface area contributed by atoms with Gasteiger partial charge in [-0.2, -0.15) is 0 Å². The van der Waals surface area contributed by atoms with Crippen LogP contribution in [0.5, 0.6) is 0 Å². The van der Waals surface area contributed by atoms with Gasteiger partial charge in [0.1, 0.15) is 0 Å². The first-order chi connectivity index (χ1) is 7.24. The predicted molar refractivity (Wildman–Crippen MR) is 59.3 cm³/mol. The van der Waals surface area contributed by atoms with Gasteiger partial charge in [0.2, 0.25) is 5.91 Å². The summed E-state index contributed by atoms with van der Waals surface area (Å²) in [6, 6.07) is 3.82. The Labute approximate surface area is 90.1 Å². The Morgan fingerprint density at radius 3 is 3.00 bits per heavy atom. The van der Waals surface area contributed by atoms with Crippen LogP contribution in [-0.2, 0) is 4.79 Å². The minimum atomic E-state index is 0.00450. The molecule has 4 heteroatoms. The van der Waals surface area contributed by atoms with Gasteiger partial charge in [-0.1, -0.05) is 13.0 Å². The van der Waals surface area contributed by atoms with Crippen LogP contribution < -0.4 is 10.6 Å². The average molecular weight is 207 g/mol. The molecule has 0 saturated carbocycles. The summed E-state index contributed by atoms with van der Waals surface area (Å²) in [5.74, 6) is 0.00760. The van der Waals surface area contributed by atoms with E-state index in [9.17, 15) is 4.79 Å². The Morgan fingerprint density at radius 2 is 2.40 bits per heavy atom. The Hall–Kier alpha value is -1.42. The first-order valence-electron chi connectivity index (χ1n) is 5.14. The highest BCUT2D eigenvalue weighted by Gasteiger charge is 2.08. The number of amides is 1. The van der Waals surface area contributed by atoms with Crippen LogP contribution in [0.2, 0.25) is 0 Å². The van der Waals surface area contributed by atoms with Crippen LogP contribution in [0.4, 0.5) is 0 Å². The molecule has 0 spiro atoms. The van der Waals surface area contributed by atoms with E-state index in [1.165, 1.54) is 0 Å². The molecule has 82 valence electrons. The van der Waals surface area contributed by atoms with E-state index in [1.807, 2.05) is 26.0 Å². The number of hydrogen-bond acceptors (Lipinski definition) is 3. The third kappa shape index (κ3) is 4.08. The molecule has 4 nitrogen and oxygen atoms in total. The third-order valence-electron chi connectivity index (χ3n) is 2.10. The van der Waals surface area contributed by atoms with Gasteiger partial charge in [0, 0.05) is 12.4 Å². The van der Waals surface area contributed by atoms with E-state index in [-0.39, 0.29) is 11.9 Å². The Morgan fingerprint density at radius 1 is 1.60 bits per heavy atom. The van der Waals surface area contributed by atoms with Crippen LogP contribution in [0, 0.1) is 0 Å². The fourth-order valence-corrected chi connectivity index (χ4v) is 1.25. The van der Waals surface area contributed by atoms with Gasteiger partial charge >= 0.3 is 0 Å². The zero-order valence-corrected chi connectivity index (χ0v) is 9.16. The van der Waals surface area contributed by atoms with E-state index in [0.717, 1.165) is 12.1 Å². The lowest BCUT2D eigenvalue weighted by molar-refractivity contribution is -0.120. The predicted octanol–water partition coefficient (Wildman–Crippen LogP) is 0.868. The molecule has 0 aromatic carbocycles. The molecule has 0 aliphatic heterocycles. The molecule has 2 N–H and O–H groups in total. The fraction of sp³-hybridized carbons (Fsp3) is 0.455. The van der Waals surface area contributed by atoms with E-state index in [2.05, 4.69) is 15.6 Å². The molecule has 0 bridgehead atoms. The first-order valence-corrected chi connectivity index (χ1v) is 5.14. The largest absolute Gasteiger partial charge is 0.348 e. The summed E-state index contributed by atoms with van der Waals surface area (Å²) >= 11 is 0. The van der Waals surface area contributed by atoms with Crippen molar-refractivity contribution in [3.05, 3.63) is 30.1 Å². The molecule has 0 aliphatic carbocycles. The summed E-state index contributed by atoms with van der Waals surface area (Å²) in [4.78, 5) is 15.4. The summed E-state index contributed by atoms with van der Waals surface area (Å²) in [7, 11) is 0. The summed E-state index contributed by atoms with van der Waals surface area (Å²) in [6.45, 7) is 5.08. The lowest BCUT2D eigenvalue weighted by Gasteiger charge is -2.13. The average Bonchev–Trinajstić information content (AvgIpc) is 2.27. The van der Waals surface area contributed by atoms with Crippen molar-refractivity contribution in [3.8, 4) is 0 Å². The van der Waals surface area contributed by atoms with Crippen molar-refractivity contribution in [2.75, 3.05) is 13.1 Å². The highest BCUT2D eigenvalue weighted by atomic mass is 16.1. The number of likely N-dealkylation sites (N-methyl/N-ethyl adjacent to an activating group) is 1. The van der Waals surface area contributed by atoms with Gasteiger partial charge < -0.3 is 10.6 Å². The second-order valence-corrected chi connectivity index (χ2v) is 3.36. The Balaban J connectivity index is 2.42. The maximum Gasteiger partial charge on any atom is 0.234 e. The minimum Gasteiger partial charge on any atom is -0.348 e. The maximum absolute atomic E-state index is 11.4. The molecular weight excluding hydrogens is 190 g/mol. The van der Waals surface area contributed by atoms with E-state index in [0.29, 0.717) is 6.54 Å². The van der Waals surface area contributed by atoms with Crippen molar-refractivity contribution in [2.24, 2.45) is 0 Å². The number of carbonyl (C=O) groups excluding carboxylic acids is 1. The standard InChI is InChI=1S/C11H17N3O/c1-3-12-8-11(15)14-9(2)10-5-4-6-13-7-10/h4-7,9,12H,3,8H2,1-2H3,(H,14,15). The molecule has 1 unspecified atom stereocenters. The number of pyridine rings is 1. The molecule has 1 rings (SSSR count). The van der Waals surface area contributed by atoms with Gasteiger partial charge in [0.05, 0.1) is 12.6 Å². The third-order valence-corrected chi connectivity index (χ3v) is 2.10. The van der Waals surface area contributed by atoms with Crippen molar-refractivity contribution in [2.45, 2.75) is 19.9 Å². The van der Waals surface area contributed by atoms with Crippen LogP contribution in [-0.4, -0.2) is 24.0 Å². The molecular formula is C11H17N3O. The fourth-order valence-electron chi connectivity index (χ4n) is 1.25. The van der Waals surface area contributed by atoms with Crippen molar-refractivity contribution in [1.82, 2.24) is 15.6 Å².